The molecule has 138 valence electrons. The van der Waals surface area contributed by atoms with Crippen molar-refractivity contribution in [1.29, 1.82) is 0 Å². The van der Waals surface area contributed by atoms with Crippen molar-refractivity contribution >= 4 is 11.9 Å². The molecule has 0 heterocycles. The Morgan fingerprint density at radius 3 is 2.38 bits per heavy atom. The number of rotatable bonds is 7. The predicted octanol–water partition coefficient (Wildman–Crippen LogP) is 2.06. The van der Waals surface area contributed by atoms with Crippen LogP contribution in [0.25, 0.3) is 0 Å². The molecular weight excluding hydrogens is 335 g/mol. The quantitative estimate of drug-likeness (QED) is 0.522. The van der Waals surface area contributed by atoms with E-state index in [2.05, 4.69) is 15.6 Å². The van der Waals surface area contributed by atoms with Crippen molar-refractivity contribution in [2.75, 3.05) is 13.6 Å². The third kappa shape index (κ3) is 6.08. The van der Waals surface area contributed by atoms with Crippen LogP contribution in [0.3, 0.4) is 0 Å². The summed E-state index contributed by atoms with van der Waals surface area (Å²) in [6, 6.07) is 13.0. The maximum atomic E-state index is 12.9. The Hall–Kier alpha value is -3.09. The molecule has 26 heavy (non-hydrogen) atoms. The van der Waals surface area contributed by atoms with Gasteiger partial charge in [-0.2, -0.15) is 0 Å². The van der Waals surface area contributed by atoms with E-state index in [1.54, 1.807) is 31.3 Å². The van der Waals surface area contributed by atoms with Crippen molar-refractivity contribution in [2.24, 2.45) is 10.7 Å². The fourth-order valence-electron chi connectivity index (χ4n) is 2.22. The van der Waals surface area contributed by atoms with E-state index in [9.17, 15) is 9.18 Å². The Balaban J connectivity index is 1.78. The molecule has 0 saturated carbocycles. The third-order valence-corrected chi connectivity index (χ3v) is 3.63. The van der Waals surface area contributed by atoms with Crippen LogP contribution < -0.4 is 21.1 Å². The molecule has 1 atom stereocenters. The summed E-state index contributed by atoms with van der Waals surface area (Å²) in [4.78, 5) is 15.2. The fraction of sp³-hybridized carbons (Fsp3) is 0.263. The van der Waals surface area contributed by atoms with Gasteiger partial charge < -0.3 is 21.1 Å². The van der Waals surface area contributed by atoms with E-state index in [-0.39, 0.29) is 11.9 Å². The van der Waals surface area contributed by atoms with Crippen molar-refractivity contribution in [3.05, 3.63) is 65.5 Å². The van der Waals surface area contributed by atoms with Gasteiger partial charge in [0.2, 0.25) is 5.91 Å². The molecule has 2 aromatic carbocycles. The predicted molar refractivity (Wildman–Crippen MR) is 99.7 cm³/mol. The van der Waals surface area contributed by atoms with E-state index in [4.69, 9.17) is 10.5 Å². The highest BCUT2D eigenvalue weighted by molar-refractivity contribution is 5.92. The lowest BCUT2D eigenvalue weighted by Crippen LogP contribution is -2.41. The Bertz CT molecular complexity index is 745. The summed E-state index contributed by atoms with van der Waals surface area (Å²) < 4.78 is 18.6. The smallest absolute Gasteiger partial charge is 0.248 e. The molecule has 6 nitrogen and oxygen atoms in total. The van der Waals surface area contributed by atoms with E-state index >= 15 is 0 Å². The second kappa shape index (κ2) is 9.41. The standard InChI is InChI=1S/C19H23FN4O2/c1-13(26-17-9-7-16(20)8-10-17)11-23-19(22-2)24-12-14-3-5-15(6-4-14)18(21)25/h3-10,13H,11-12H2,1-2H3,(H2,21,25)(H2,22,23,24). The van der Waals surface area contributed by atoms with Crippen LogP contribution in [-0.4, -0.2) is 31.6 Å². The first-order chi connectivity index (χ1) is 12.5. The first kappa shape index (κ1) is 19.2. The van der Waals surface area contributed by atoms with Crippen LogP contribution in [-0.2, 0) is 6.54 Å². The highest BCUT2D eigenvalue weighted by Crippen LogP contribution is 2.12. The molecule has 2 aromatic rings. The summed E-state index contributed by atoms with van der Waals surface area (Å²) in [5.74, 6) is 0.491. The van der Waals surface area contributed by atoms with E-state index < -0.39 is 5.91 Å². The Kier molecular flexibility index (Phi) is 6.96. The molecule has 0 radical (unpaired) electrons. The summed E-state index contributed by atoms with van der Waals surface area (Å²) >= 11 is 0. The summed E-state index contributed by atoms with van der Waals surface area (Å²) in [5.41, 5.74) is 6.69. The van der Waals surface area contributed by atoms with Gasteiger partial charge in [0.25, 0.3) is 0 Å². The van der Waals surface area contributed by atoms with Crippen LogP contribution in [0.2, 0.25) is 0 Å². The molecular formula is C19H23FN4O2. The van der Waals surface area contributed by atoms with Crippen molar-refractivity contribution in [3.8, 4) is 5.75 Å². The molecule has 0 aliphatic rings. The van der Waals surface area contributed by atoms with Gasteiger partial charge >= 0.3 is 0 Å². The van der Waals surface area contributed by atoms with Crippen LogP contribution in [0.4, 0.5) is 4.39 Å². The van der Waals surface area contributed by atoms with Crippen molar-refractivity contribution < 1.29 is 13.9 Å². The van der Waals surface area contributed by atoms with Gasteiger partial charge in [-0.25, -0.2) is 4.39 Å². The molecule has 7 heteroatoms. The molecule has 0 fully saturated rings. The number of aliphatic imine (C=N–C) groups is 1. The molecule has 1 unspecified atom stereocenters. The van der Waals surface area contributed by atoms with Crippen LogP contribution >= 0.6 is 0 Å². The maximum Gasteiger partial charge on any atom is 0.248 e. The van der Waals surface area contributed by atoms with E-state index in [0.29, 0.717) is 30.4 Å². The van der Waals surface area contributed by atoms with Gasteiger partial charge in [0.1, 0.15) is 17.7 Å². The van der Waals surface area contributed by atoms with Gasteiger partial charge in [-0.3, -0.25) is 9.79 Å². The number of hydrogen-bond acceptors (Lipinski definition) is 3. The fourth-order valence-corrected chi connectivity index (χ4v) is 2.22. The number of primary amides is 1. The second-order valence-electron chi connectivity index (χ2n) is 5.75. The van der Waals surface area contributed by atoms with Gasteiger partial charge in [0, 0.05) is 19.2 Å². The summed E-state index contributed by atoms with van der Waals surface area (Å²) in [7, 11) is 1.68. The number of guanidine groups is 1. The number of benzene rings is 2. The lowest BCUT2D eigenvalue weighted by atomic mass is 10.1. The Morgan fingerprint density at radius 1 is 1.15 bits per heavy atom. The van der Waals surface area contributed by atoms with Crippen LogP contribution in [0, 0.1) is 5.82 Å². The van der Waals surface area contributed by atoms with Crippen LogP contribution in [0.15, 0.2) is 53.5 Å². The average Bonchev–Trinajstić information content (AvgIpc) is 2.64. The number of hydrogen-bond donors (Lipinski definition) is 3. The molecule has 0 spiro atoms. The number of nitrogens with zero attached hydrogens (tertiary/aromatic N) is 1. The van der Waals surface area contributed by atoms with Gasteiger partial charge in [0.15, 0.2) is 5.96 Å². The summed E-state index contributed by atoms with van der Waals surface area (Å²) in [5, 5.41) is 6.35. The lowest BCUT2D eigenvalue weighted by molar-refractivity contribution is 0.100. The first-order valence-corrected chi connectivity index (χ1v) is 8.23. The molecule has 0 aromatic heterocycles. The van der Waals surface area contributed by atoms with Gasteiger partial charge in [0.05, 0.1) is 6.54 Å². The van der Waals surface area contributed by atoms with Gasteiger partial charge in [-0.1, -0.05) is 12.1 Å². The Labute approximate surface area is 152 Å². The number of nitrogens with one attached hydrogen (secondary N) is 2. The molecule has 2 rings (SSSR count). The number of amides is 1. The number of carbonyl (C=O) groups excluding carboxylic acids is 1. The highest BCUT2D eigenvalue weighted by atomic mass is 19.1. The van der Waals surface area contributed by atoms with Crippen molar-refractivity contribution in [1.82, 2.24) is 10.6 Å². The van der Waals surface area contributed by atoms with E-state index in [1.807, 2.05) is 19.1 Å². The molecule has 0 bridgehead atoms. The largest absolute Gasteiger partial charge is 0.489 e. The van der Waals surface area contributed by atoms with Gasteiger partial charge in [-0.05, 0) is 48.9 Å². The Morgan fingerprint density at radius 2 is 1.81 bits per heavy atom. The van der Waals surface area contributed by atoms with Crippen molar-refractivity contribution in [3.63, 3.8) is 0 Å². The SMILES string of the molecule is CN=C(NCc1ccc(C(N)=O)cc1)NCC(C)Oc1ccc(F)cc1. The van der Waals surface area contributed by atoms with E-state index in [1.165, 1.54) is 12.1 Å². The molecule has 4 N–H and O–H groups in total. The summed E-state index contributed by atoms with van der Waals surface area (Å²) in [6.07, 6.45) is -0.131. The average molecular weight is 358 g/mol. The summed E-state index contributed by atoms with van der Waals surface area (Å²) in [6.45, 7) is 2.98. The second-order valence-corrected chi connectivity index (χ2v) is 5.75. The van der Waals surface area contributed by atoms with Crippen LogP contribution in [0.5, 0.6) is 5.75 Å². The minimum Gasteiger partial charge on any atom is -0.489 e. The molecule has 0 aliphatic heterocycles. The number of halogens is 1. The number of ether oxygens (including phenoxy) is 1. The lowest BCUT2D eigenvalue weighted by Gasteiger charge is -2.18. The molecule has 1 amide bonds. The van der Waals surface area contributed by atoms with E-state index in [0.717, 1.165) is 5.56 Å². The zero-order chi connectivity index (χ0) is 18.9. The third-order valence-electron chi connectivity index (χ3n) is 3.63. The molecule has 0 saturated heterocycles. The topological polar surface area (TPSA) is 88.7 Å². The zero-order valence-corrected chi connectivity index (χ0v) is 14.8. The highest BCUT2D eigenvalue weighted by Gasteiger charge is 2.06. The minimum atomic E-state index is -0.447. The van der Waals surface area contributed by atoms with Gasteiger partial charge in [-0.15, -0.1) is 0 Å². The normalized spacial score (nSPS) is 12.3. The molecule has 0 aliphatic carbocycles. The van der Waals surface area contributed by atoms with Crippen LogP contribution in [0.1, 0.15) is 22.8 Å². The number of nitrogens with two attached hydrogens (primary N) is 1. The zero-order valence-electron chi connectivity index (χ0n) is 14.8. The maximum absolute atomic E-state index is 12.9. The minimum absolute atomic E-state index is 0.131. The number of carbonyl (C=O) groups is 1. The van der Waals surface area contributed by atoms with Crippen molar-refractivity contribution in [2.45, 2.75) is 19.6 Å². The monoisotopic (exact) mass is 358 g/mol. The first-order valence-electron chi connectivity index (χ1n) is 8.23.